The maximum atomic E-state index is 13.2. The maximum Gasteiger partial charge on any atom is 0.326 e. The van der Waals surface area contributed by atoms with Crippen molar-refractivity contribution in [3.05, 3.63) is 54.5 Å². The molecule has 0 saturated heterocycles. The summed E-state index contributed by atoms with van der Waals surface area (Å²) in [7, 11) is 3.11. The molecule has 4 rings (SSSR count). The Morgan fingerprint density at radius 2 is 1.81 bits per heavy atom. The molecule has 12 heteroatoms. The minimum absolute atomic E-state index is 0.0296. The Morgan fingerprint density at radius 3 is 2.53 bits per heavy atom. The molecule has 0 radical (unpaired) electrons. The minimum Gasteiger partial charge on any atom is -0.493 e. The highest BCUT2D eigenvalue weighted by Crippen LogP contribution is 2.37. The molecular formula is C24H23F2N5O4S. The van der Waals surface area contributed by atoms with E-state index >= 15 is 0 Å². The van der Waals surface area contributed by atoms with E-state index < -0.39 is 24.8 Å². The van der Waals surface area contributed by atoms with Crippen LogP contribution in [0.15, 0.2) is 63.2 Å². The molecule has 9 nitrogen and oxygen atoms in total. The topological polar surface area (TPSA) is 111 Å². The fraction of sp³-hybridized carbons (Fsp3) is 0.250. The number of anilines is 2. The van der Waals surface area contributed by atoms with Gasteiger partial charge in [-0.2, -0.15) is 0 Å². The summed E-state index contributed by atoms with van der Waals surface area (Å²) in [5.74, 6) is 1.09. The van der Waals surface area contributed by atoms with Gasteiger partial charge in [-0.05, 0) is 31.2 Å². The van der Waals surface area contributed by atoms with Crippen LogP contribution in [0.25, 0.3) is 10.9 Å². The van der Waals surface area contributed by atoms with Crippen LogP contribution in [0.5, 0.6) is 11.5 Å². The summed E-state index contributed by atoms with van der Waals surface area (Å²) in [5, 5.41) is 10.3. The molecule has 2 amide bonds. The lowest BCUT2D eigenvalue weighted by atomic mass is 9.90. The number of nitrogens with zero attached hydrogens (tertiary/aromatic N) is 3. The third-order valence-corrected chi connectivity index (χ3v) is 6.37. The quantitative estimate of drug-likeness (QED) is 0.276. The van der Waals surface area contributed by atoms with Crippen molar-refractivity contribution in [1.82, 2.24) is 15.1 Å². The van der Waals surface area contributed by atoms with Gasteiger partial charge in [-0.25, -0.2) is 23.5 Å². The smallest absolute Gasteiger partial charge is 0.326 e. The lowest BCUT2D eigenvalue weighted by Crippen LogP contribution is -2.27. The number of halogens is 2. The number of methoxy groups -OCH3 is 2. The van der Waals surface area contributed by atoms with Crippen LogP contribution in [0.3, 0.4) is 0 Å². The number of carbonyl (C=O) groups is 1. The summed E-state index contributed by atoms with van der Waals surface area (Å²) >= 11 is 1.39. The first-order valence-corrected chi connectivity index (χ1v) is 11.5. The molecule has 0 unspecified atom stereocenters. The summed E-state index contributed by atoms with van der Waals surface area (Å²) in [6.45, 7) is -0.520. The average Bonchev–Trinajstić information content (AvgIpc) is 3.36. The van der Waals surface area contributed by atoms with E-state index in [-0.39, 0.29) is 11.6 Å². The Morgan fingerprint density at radius 1 is 1.06 bits per heavy atom. The van der Waals surface area contributed by atoms with Crippen LogP contribution in [0, 0.1) is 0 Å². The monoisotopic (exact) mass is 515 g/mol. The zero-order chi connectivity index (χ0) is 25.7. The number of ether oxygens (including phenoxy) is 2. The number of rotatable bonds is 9. The van der Waals surface area contributed by atoms with Crippen LogP contribution >= 0.6 is 11.8 Å². The van der Waals surface area contributed by atoms with Gasteiger partial charge >= 0.3 is 6.03 Å². The predicted molar refractivity (Wildman–Crippen MR) is 132 cm³/mol. The van der Waals surface area contributed by atoms with Crippen molar-refractivity contribution in [2.45, 2.75) is 22.3 Å². The number of carbonyl (C=O) groups excluding carboxylic acids is 1. The highest BCUT2D eigenvalue weighted by atomic mass is 32.2. The minimum atomic E-state index is -1.42. The first-order valence-electron chi connectivity index (χ1n) is 10.7. The molecule has 2 N–H and O–H groups in total. The summed E-state index contributed by atoms with van der Waals surface area (Å²) in [5.41, 5.74) is -0.146. The Labute approximate surface area is 209 Å². The number of aromatic nitrogens is 3. The van der Waals surface area contributed by atoms with Gasteiger partial charge in [0.1, 0.15) is 24.7 Å². The van der Waals surface area contributed by atoms with Crippen LogP contribution in [-0.4, -0.2) is 48.7 Å². The number of benzene rings is 2. The van der Waals surface area contributed by atoms with Gasteiger partial charge in [0, 0.05) is 28.1 Å². The van der Waals surface area contributed by atoms with Crippen LogP contribution in [0.4, 0.5) is 25.1 Å². The van der Waals surface area contributed by atoms with Gasteiger partial charge in [0.25, 0.3) is 0 Å². The molecule has 0 aliphatic carbocycles. The summed E-state index contributed by atoms with van der Waals surface area (Å²) in [6, 6.07) is 11.4. The lowest BCUT2D eigenvalue weighted by Gasteiger charge is -2.17. The van der Waals surface area contributed by atoms with Gasteiger partial charge < -0.3 is 19.3 Å². The fourth-order valence-corrected chi connectivity index (χ4v) is 4.18. The van der Waals surface area contributed by atoms with Gasteiger partial charge in [0.2, 0.25) is 5.88 Å². The lowest BCUT2D eigenvalue weighted by molar-refractivity contribution is 0.243. The number of amides is 2. The Kier molecular flexibility index (Phi) is 7.53. The third-order valence-electron chi connectivity index (χ3n) is 5.37. The first kappa shape index (κ1) is 25.2. The Bertz CT molecular complexity index is 1380. The fourth-order valence-electron chi connectivity index (χ4n) is 3.26. The molecule has 0 bridgehead atoms. The number of fused-ring (bicyclic) bond motifs is 1. The number of nitrogens with one attached hydrogen (secondary N) is 2. The predicted octanol–water partition coefficient (Wildman–Crippen LogP) is 5.63. The SMILES string of the molecule is COc1cc2ncnc(Sc3cccc(NC(=O)Nc4cc(C(C)(CF)CF)no4)c3)c2cc1OC. The van der Waals surface area contributed by atoms with Crippen molar-refractivity contribution in [1.29, 1.82) is 0 Å². The van der Waals surface area contributed by atoms with Gasteiger partial charge in [-0.3, -0.25) is 5.32 Å². The Balaban J connectivity index is 1.48. The first-order chi connectivity index (χ1) is 17.4. The van der Waals surface area contributed by atoms with Crippen LogP contribution in [0.2, 0.25) is 0 Å². The maximum absolute atomic E-state index is 13.2. The van der Waals surface area contributed by atoms with Crippen LogP contribution in [0.1, 0.15) is 12.6 Å². The molecule has 0 atom stereocenters. The van der Waals surface area contributed by atoms with Crippen LogP contribution in [-0.2, 0) is 5.41 Å². The van der Waals surface area contributed by atoms with Gasteiger partial charge in [0.05, 0.1) is 30.8 Å². The molecule has 0 spiro atoms. The van der Waals surface area contributed by atoms with Crippen molar-refractivity contribution in [3.8, 4) is 11.5 Å². The second kappa shape index (κ2) is 10.8. The molecule has 188 valence electrons. The van der Waals surface area contributed by atoms with Crippen molar-refractivity contribution < 1.29 is 27.6 Å². The summed E-state index contributed by atoms with van der Waals surface area (Å²) in [4.78, 5) is 22.0. The molecule has 4 aromatic rings. The van der Waals surface area contributed by atoms with Crippen LogP contribution < -0.4 is 20.1 Å². The van der Waals surface area contributed by atoms with Crippen molar-refractivity contribution in [2.24, 2.45) is 0 Å². The van der Waals surface area contributed by atoms with Crippen molar-refractivity contribution in [3.63, 3.8) is 0 Å². The zero-order valence-electron chi connectivity index (χ0n) is 19.7. The molecule has 0 saturated carbocycles. The second-order valence-electron chi connectivity index (χ2n) is 8.02. The van der Waals surface area contributed by atoms with Gasteiger partial charge in [-0.15, -0.1) is 0 Å². The van der Waals surface area contributed by atoms with Gasteiger partial charge in [-0.1, -0.05) is 23.0 Å². The highest BCUT2D eigenvalue weighted by Gasteiger charge is 2.31. The average molecular weight is 516 g/mol. The highest BCUT2D eigenvalue weighted by molar-refractivity contribution is 7.99. The van der Waals surface area contributed by atoms with Gasteiger partial charge in [0.15, 0.2) is 11.5 Å². The molecule has 0 fully saturated rings. The largest absolute Gasteiger partial charge is 0.493 e. The number of hydrogen-bond donors (Lipinski definition) is 2. The number of urea groups is 1. The Hall–Kier alpha value is -3.93. The van der Waals surface area contributed by atoms with E-state index in [9.17, 15) is 13.6 Å². The summed E-state index contributed by atoms with van der Waals surface area (Å²) < 4.78 is 42.1. The zero-order valence-corrected chi connectivity index (χ0v) is 20.5. The van der Waals surface area contributed by atoms with Crippen molar-refractivity contribution in [2.75, 3.05) is 38.2 Å². The van der Waals surface area contributed by atoms with Crippen molar-refractivity contribution >= 4 is 40.3 Å². The second-order valence-corrected chi connectivity index (χ2v) is 9.08. The standard InChI is InChI=1S/C24H23F2N5O4S/c1-24(11-25,12-26)20-10-21(35-31-20)30-23(32)29-14-5-4-6-15(7-14)36-22-16-8-18(33-2)19(34-3)9-17(16)27-13-28-22/h4-10,13H,11-12H2,1-3H3,(H2,29,30,32). The van der Waals surface area contributed by atoms with E-state index in [2.05, 4.69) is 25.8 Å². The van der Waals surface area contributed by atoms with E-state index in [0.717, 1.165) is 10.3 Å². The van der Waals surface area contributed by atoms with E-state index in [4.69, 9.17) is 14.0 Å². The molecular weight excluding hydrogens is 492 g/mol. The van der Waals surface area contributed by atoms with E-state index in [1.165, 1.54) is 31.1 Å². The van der Waals surface area contributed by atoms with E-state index in [0.29, 0.717) is 27.7 Å². The number of alkyl halides is 2. The molecule has 0 aliphatic heterocycles. The number of hydrogen-bond acceptors (Lipinski definition) is 8. The molecule has 2 heterocycles. The summed E-state index contributed by atoms with van der Waals surface area (Å²) in [6.07, 6.45) is 1.47. The molecule has 36 heavy (non-hydrogen) atoms. The third kappa shape index (κ3) is 5.33. The normalized spacial score (nSPS) is 11.4. The van der Waals surface area contributed by atoms with E-state index in [1.54, 1.807) is 38.5 Å². The molecule has 0 aliphatic rings. The molecule has 2 aromatic heterocycles. The molecule has 2 aromatic carbocycles. The van der Waals surface area contributed by atoms with E-state index in [1.807, 2.05) is 12.1 Å².